The summed E-state index contributed by atoms with van der Waals surface area (Å²) in [6.07, 6.45) is 5.11. The van der Waals surface area contributed by atoms with Crippen LogP contribution in [0, 0.1) is 26.2 Å². The average molecular weight is 300 g/mol. The summed E-state index contributed by atoms with van der Waals surface area (Å²) in [6.45, 7) is 4.16. The Morgan fingerprint density at radius 3 is 2.86 bits per heavy atom. The Morgan fingerprint density at radius 2 is 2.14 bits per heavy atom. The topological polar surface area (TPSA) is 59.8 Å². The summed E-state index contributed by atoms with van der Waals surface area (Å²) in [7, 11) is 0. The highest BCUT2D eigenvalue weighted by Crippen LogP contribution is 2.23. The number of aryl methyl sites for hydroxylation is 2. The maximum atomic E-state index is 11.6. The lowest BCUT2D eigenvalue weighted by atomic mass is 10.2. The molecule has 0 atom stereocenters. The van der Waals surface area contributed by atoms with E-state index in [2.05, 4.69) is 21.4 Å². The highest BCUT2D eigenvalue weighted by atomic mass is 32.2. The maximum absolute atomic E-state index is 11.6. The normalized spacial score (nSPS) is 10.1. The first-order chi connectivity index (χ1) is 10.1. The molecule has 0 saturated heterocycles. The van der Waals surface area contributed by atoms with E-state index in [-0.39, 0.29) is 18.2 Å². The van der Waals surface area contributed by atoms with Gasteiger partial charge in [-0.05, 0) is 25.5 Å². The molecule has 2 rings (SSSR count). The zero-order valence-corrected chi connectivity index (χ0v) is 12.8. The summed E-state index contributed by atoms with van der Waals surface area (Å²) in [5.74, 6) is 3.30. The van der Waals surface area contributed by atoms with E-state index in [1.165, 1.54) is 11.8 Å². The fourth-order valence-electron chi connectivity index (χ4n) is 1.86. The number of para-hydroxylation sites is 1. The van der Waals surface area contributed by atoms with Gasteiger partial charge in [-0.2, -0.15) is 0 Å². The predicted octanol–water partition coefficient (Wildman–Crippen LogP) is 1.73. The van der Waals surface area contributed by atoms with Crippen molar-refractivity contribution < 1.29 is 4.79 Å². The molecule has 1 aromatic carbocycles. The van der Waals surface area contributed by atoms with Gasteiger partial charge in [0, 0.05) is 0 Å². The molecule has 2 aromatic rings. The molecular formula is C15H16N4OS. The number of rotatable bonds is 5. The molecule has 0 bridgehead atoms. The molecule has 1 aromatic heterocycles. The Labute approximate surface area is 128 Å². The van der Waals surface area contributed by atoms with Gasteiger partial charge in [0.25, 0.3) is 0 Å². The van der Waals surface area contributed by atoms with E-state index in [0.717, 1.165) is 17.1 Å². The van der Waals surface area contributed by atoms with E-state index in [1.807, 2.05) is 42.7 Å². The molecule has 6 heteroatoms. The molecule has 108 valence electrons. The summed E-state index contributed by atoms with van der Waals surface area (Å²) >= 11 is 1.34. The van der Waals surface area contributed by atoms with Crippen molar-refractivity contribution in [3.8, 4) is 18.0 Å². The summed E-state index contributed by atoms with van der Waals surface area (Å²) in [5, 5.41) is 11.6. The lowest BCUT2D eigenvalue weighted by Crippen LogP contribution is -2.25. The van der Waals surface area contributed by atoms with Gasteiger partial charge in [0.2, 0.25) is 5.91 Å². The second-order valence-electron chi connectivity index (χ2n) is 4.42. The SMILES string of the molecule is C#CCNC(=O)CSc1nnc(C)n1-c1ccccc1C. The number of carbonyl (C=O) groups is 1. The standard InChI is InChI=1S/C15H16N4OS/c1-4-9-16-14(20)10-21-15-18-17-12(3)19(15)13-8-6-5-7-11(13)2/h1,5-8H,9-10H2,2-3H3,(H,16,20). The summed E-state index contributed by atoms with van der Waals surface area (Å²) < 4.78 is 1.95. The molecule has 0 saturated carbocycles. The Hall–Kier alpha value is -2.26. The van der Waals surface area contributed by atoms with Gasteiger partial charge in [-0.1, -0.05) is 35.9 Å². The summed E-state index contributed by atoms with van der Waals surface area (Å²) in [5.41, 5.74) is 2.14. The second kappa shape index (κ2) is 6.95. The third-order valence-corrected chi connectivity index (χ3v) is 3.80. The van der Waals surface area contributed by atoms with Gasteiger partial charge in [0.05, 0.1) is 18.0 Å². The van der Waals surface area contributed by atoms with Gasteiger partial charge in [-0.3, -0.25) is 9.36 Å². The van der Waals surface area contributed by atoms with Gasteiger partial charge in [-0.15, -0.1) is 16.6 Å². The van der Waals surface area contributed by atoms with Crippen LogP contribution in [0.25, 0.3) is 5.69 Å². The third kappa shape index (κ3) is 3.64. The highest BCUT2D eigenvalue weighted by molar-refractivity contribution is 7.99. The van der Waals surface area contributed by atoms with Crippen LogP contribution in [0.2, 0.25) is 0 Å². The molecule has 1 heterocycles. The number of benzene rings is 1. The van der Waals surface area contributed by atoms with Crippen molar-refractivity contribution >= 4 is 17.7 Å². The van der Waals surface area contributed by atoms with Crippen LogP contribution in [0.15, 0.2) is 29.4 Å². The lowest BCUT2D eigenvalue weighted by Gasteiger charge is -2.10. The Kier molecular flexibility index (Phi) is 5.01. The molecule has 0 aliphatic heterocycles. The number of amides is 1. The molecule has 1 N–H and O–H groups in total. The van der Waals surface area contributed by atoms with E-state index < -0.39 is 0 Å². The van der Waals surface area contributed by atoms with Crippen LogP contribution in [0.4, 0.5) is 0 Å². The molecule has 0 aliphatic rings. The Bertz CT molecular complexity index is 687. The predicted molar refractivity (Wildman–Crippen MR) is 83.4 cm³/mol. The van der Waals surface area contributed by atoms with Crippen molar-refractivity contribution in [3.05, 3.63) is 35.7 Å². The van der Waals surface area contributed by atoms with Gasteiger partial charge in [0.15, 0.2) is 5.16 Å². The molecule has 21 heavy (non-hydrogen) atoms. The fraction of sp³-hybridized carbons (Fsp3) is 0.267. The molecule has 0 unspecified atom stereocenters. The van der Waals surface area contributed by atoms with Crippen LogP contribution >= 0.6 is 11.8 Å². The largest absolute Gasteiger partial charge is 0.344 e. The van der Waals surface area contributed by atoms with Gasteiger partial charge >= 0.3 is 0 Å². The third-order valence-electron chi connectivity index (χ3n) is 2.87. The van der Waals surface area contributed by atoms with E-state index in [0.29, 0.717) is 5.16 Å². The minimum absolute atomic E-state index is 0.116. The van der Waals surface area contributed by atoms with E-state index in [1.54, 1.807) is 0 Å². The van der Waals surface area contributed by atoms with Crippen molar-refractivity contribution in [2.24, 2.45) is 0 Å². The van der Waals surface area contributed by atoms with Crippen LogP contribution in [-0.2, 0) is 4.79 Å². The number of nitrogens with one attached hydrogen (secondary N) is 1. The van der Waals surface area contributed by atoms with E-state index in [4.69, 9.17) is 6.42 Å². The van der Waals surface area contributed by atoms with Gasteiger partial charge < -0.3 is 5.32 Å². The quantitative estimate of drug-likeness (QED) is 0.675. The van der Waals surface area contributed by atoms with E-state index >= 15 is 0 Å². The fourth-order valence-corrected chi connectivity index (χ4v) is 2.68. The number of nitrogens with zero attached hydrogens (tertiary/aromatic N) is 3. The Morgan fingerprint density at radius 1 is 1.38 bits per heavy atom. The van der Waals surface area contributed by atoms with Crippen molar-refractivity contribution in [1.29, 1.82) is 0 Å². The van der Waals surface area contributed by atoms with Gasteiger partial charge in [-0.25, -0.2) is 0 Å². The number of aromatic nitrogens is 3. The Balaban J connectivity index is 2.18. The zero-order chi connectivity index (χ0) is 15.2. The number of hydrogen-bond donors (Lipinski definition) is 1. The van der Waals surface area contributed by atoms with Crippen LogP contribution < -0.4 is 5.32 Å². The second-order valence-corrected chi connectivity index (χ2v) is 5.36. The number of terminal acetylenes is 1. The molecule has 0 aliphatic carbocycles. The lowest BCUT2D eigenvalue weighted by molar-refractivity contribution is -0.118. The zero-order valence-electron chi connectivity index (χ0n) is 12.0. The van der Waals surface area contributed by atoms with Crippen LogP contribution in [0.5, 0.6) is 0 Å². The van der Waals surface area contributed by atoms with Crippen LogP contribution in [-0.4, -0.2) is 33.0 Å². The van der Waals surface area contributed by atoms with Crippen molar-refractivity contribution in [3.63, 3.8) is 0 Å². The molecule has 0 fully saturated rings. The monoisotopic (exact) mass is 300 g/mol. The molecule has 0 radical (unpaired) electrons. The van der Waals surface area contributed by atoms with Crippen molar-refractivity contribution in [1.82, 2.24) is 20.1 Å². The first-order valence-corrected chi connectivity index (χ1v) is 7.43. The smallest absolute Gasteiger partial charge is 0.231 e. The minimum atomic E-state index is -0.116. The van der Waals surface area contributed by atoms with Crippen molar-refractivity contribution in [2.75, 3.05) is 12.3 Å². The first-order valence-electron chi connectivity index (χ1n) is 6.44. The number of carbonyl (C=O) groups excluding carboxylic acids is 1. The van der Waals surface area contributed by atoms with Crippen LogP contribution in [0.3, 0.4) is 0 Å². The van der Waals surface area contributed by atoms with Crippen molar-refractivity contribution in [2.45, 2.75) is 19.0 Å². The molecule has 5 nitrogen and oxygen atoms in total. The summed E-state index contributed by atoms with van der Waals surface area (Å²) in [6, 6.07) is 7.99. The number of thioether (sulfide) groups is 1. The first kappa shape index (κ1) is 15.1. The number of hydrogen-bond acceptors (Lipinski definition) is 4. The van der Waals surface area contributed by atoms with Crippen LogP contribution in [0.1, 0.15) is 11.4 Å². The molecule has 0 spiro atoms. The highest BCUT2D eigenvalue weighted by Gasteiger charge is 2.14. The molecular weight excluding hydrogens is 284 g/mol. The van der Waals surface area contributed by atoms with E-state index in [9.17, 15) is 4.79 Å². The van der Waals surface area contributed by atoms with Gasteiger partial charge in [0.1, 0.15) is 5.82 Å². The average Bonchev–Trinajstić information content (AvgIpc) is 2.84. The molecule has 1 amide bonds. The minimum Gasteiger partial charge on any atom is -0.344 e. The summed E-state index contributed by atoms with van der Waals surface area (Å²) in [4.78, 5) is 11.6. The maximum Gasteiger partial charge on any atom is 0.231 e.